The molecule has 0 unspecified atom stereocenters. The van der Waals surface area contributed by atoms with Crippen LogP contribution >= 0.6 is 0 Å². The first-order valence-electron chi connectivity index (χ1n) is 8.03. The molecule has 0 bridgehead atoms. The Labute approximate surface area is 127 Å². The first-order valence-corrected chi connectivity index (χ1v) is 8.03. The minimum Gasteiger partial charge on any atom is -0.462 e. The zero-order valence-electron chi connectivity index (χ0n) is 12.9. The molecular formula is C17H26N2O2. The van der Waals surface area contributed by atoms with Gasteiger partial charge in [0, 0.05) is 18.8 Å². The molecule has 0 atom stereocenters. The standard InChI is InChI=1S/C17H26N2O2/c1-2-3-13-21-17(20)15-7-6-8-16(14-15)18-9-12-19-10-4-5-11-19/h6-8,14,18H,2-5,9-13H2,1H3. The van der Waals surface area contributed by atoms with E-state index < -0.39 is 0 Å². The summed E-state index contributed by atoms with van der Waals surface area (Å²) in [5.41, 5.74) is 1.61. The highest BCUT2D eigenvalue weighted by atomic mass is 16.5. The molecule has 0 amide bonds. The second kappa shape index (κ2) is 8.67. The number of nitrogens with zero attached hydrogens (tertiary/aromatic N) is 1. The quantitative estimate of drug-likeness (QED) is 0.590. The fourth-order valence-corrected chi connectivity index (χ4v) is 2.51. The van der Waals surface area contributed by atoms with Gasteiger partial charge in [-0.05, 0) is 50.6 Å². The minimum absolute atomic E-state index is 0.230. The van der Waals surface area contributed by atoms with E-state index >= 15 is 0 Å². The van der Waals surface area contributed by atoms with E-state index in [1.165, 1.54) is 25.9 Å². The van der Waals surface area contributed by atoms with E-state index in [1.807, 2.05) is 18.2 Å². The zero-order chi connectivity index (χ0) is 14.9. The van der Waals surface area contributed by atoms with E-state index in [2.05, 4.69) is 17.1 Å². The maximum Gasteiger partial charge on any atom is 0.338 e. The van der Waals surface area contributed by atoms with Gasteiger partial charge >= 0.3 is 5.97 Å². The molecular weight excluding hydrogens is 264 g/mol. The number of likely N-dealkylation sites (tertiary alicyclic amines) is 1. The predicted octanol–water partition coefficient (Wildman–Crippen LogP) is 3.15. The summed E-state index contributed by atoms with van der Waals surface area (Å²) < 4.78 is 5.23. The average Bonchev–Trinajstić information content (AvgIpc) is 3.01. The van der Waals surface area contributed by atoms with E-state index in [9.17, 15) is 4.79 Å². The number of rotatable bonds is 8. The van der Waals surface area contributed by atoms with Gasteiger partial charge in [-0.15, -0.1) is 0 Å². The number of carbonyl (C=O) groups is 1. The van der Waals surface area contributed by atoms with E-state index in [1.54, 1.807) is 6.07 Å². The summed E-state index contributed by atoms with van der Waals surface area (Å²) in [6.07, 6.45) is 4.59. The number of unbranched alkanes of at least 4 members (excludes halogenated alkanes) is 1. The van der Waals surface area contributed by atoms with Crippen LogP contribution in [0.25, 0.3) is 0 Å². The van der Waals surface area contributed by atoms with Crippen molar-refractivity contribution in [3.8, 4) is 0 Å². The van der Waals surface area contributed by atoms with Gasteiger partial charge < -0.3 is 15.0 Å². The van der Waals surface area contributed by atoms with Gasteiger partial charge in [-0.25, -0.2) is 4.79 Å². The Morgan fingerprint density at radius 2 is 2.14 bits per heavy atom. The molecule has 1 aromatic rings. The summed E-state index contributed by atoms with van der Waals surface area (Å²) in [6, 6.07) is 7.57. The Morgan fingerprint density at radius 3 is 2.90 bits per heavy atom. The summed E-state index contributed by atoms with van der Waals surface area (Å²) in [7, 11) is 0. The first kappa shape index (κ1) is 15.8. The number of hydrogen-bond acceptors (Lipinski definition) is 4. The van der Waals surface area contributed by atoms with Crippen molar-refractivity contribution in [2.75, 3.05) is 38.1 Å². The maximum atomic E-state index is 11.9. The molecule has 21 heavy (non-hydrogen) atoms. The average molecular weight is 290 g/mol. The monoisotopic (exact) mass is 290 g/mol. The Hall–Kier alpha value is -1.55. The molecule has 0 radical (unpaired) electrons. The number of carbonyl (C=O) groups excluding carboxylic acids is 1. The molecule has 1 aliphatic heterocycles. The van der Waals surface area contributed by atoms with Gasteiger partial charge in [0.1, 0.15) is 0 Å². The molecule has 2 rings (SSSR count). The highest BCUT2D eigenvalue weighted by Crippen LogP contribution is 2.12. The largest absolute Gasteiger partial charge is 0.462 e. The summed E-state index contributed by atoms with van der Waals surface area (Å²) in [4.78, 5) is 14.4. The lowest BCUT2D eigenvalue weighted by Gasteiger charge is -2.15. The van der Waals surface area contributed by atoms with Crippen molar-refractivity contribution < 1.29 is 9.53 Å². The molecule has 1 N–H and O–H groups in total. The van der Waals surface area contributed by atoms with Crippen LogP contribution in [0.5, 0.6) is 0 Å². The van der Waals surface area contributed by atoms with E-state index in [-0.39, 0.29) is 5.97 Å². The van der Waals surface area contributed by atoms with Crippen LogP contribution in [0.1, 0.15) is 43.0 Å². The van der Waals surface area contributed by atoms with Crippen LogP contribution in [0.4, 0.5) is 5.69 Å². The van der Waals surface area contributed by atoms with Crippen molar-refractivity contribution in [3.63, 3.8) is 0 Å². The van der Waals surface area contributed by atoms with Crippen molar-refractivity contribution in [2.24, 2.45) is 0 Å². The fraction of sp³-hybridized carbons (Fsp3) is 0.588. The smallest absolute Gasteiger partial charge is 0.338 e. The highest BCUT2D eigenvalue weighted by Gasteiger charge is 2.11. The molecule has 0 spiro atoms. The van der Waals surface area contributed by atoms with Crippen LogP contribution in [0.2, 0.25) is 0 Å². The number of nitrogens with one attached hydrogen (secondary N) is 1. The van der Waals surface area contributed by atoms with Crippen molar-refractivity contribution in [1.82, 2.24) is 4.90 Å². The Morgan fingerprint density at radius 1 is 1.33 bits per heavy atom. The topological polar surface area (TPSA) is 41.6 Å². The Bertz CT molecular complexity index is 442. The third kappa shape index (κ3) is 5.38. The lowest BCUT2D eigenvalue weighted by molar-refractivity contribution is 0.0500. The van der Waals surface area contributed by atoms with Crippen molar-refractivity contribution in [2.45, 2.75) is 32.6 Å². The summed E-state index contributed by atoms with van der Waals surface area (Å²) >= 11 is 0. The lowest BCUT2D eigenvalue weighted by atomic mass is 10.2. The molecule has 0 aliphatic carbocycles. The van der Waals surface area contributed by atoms with Gasteiger partial charge in [0.05, 0.1) is 12.2 Å². The van der Waals surface area contributed by atoms with Crippen LogP contribution in [-0.4, -0.2) is 43.7 Å². The molecule has 1 saturated heterocycles. The summed E-state index contributed by atoms with van der Waals surface area (Å²) in [6.45, 7) is 6.98. The minimum atomic E-state index is -0.230. The molecule has 0 saturated carbocycles. The summed E-state index contributed by atoms with van der Waals surface area (Å²) in [5, 5.41) is 3.38. The molecule has 1 fully saturated rings. The van der Waals surface area contributed by atoms with Crippen LogP contribution in [0, 0.1) is 0 Å². The predicted molar refractivity (Wildman–Crippen MR) is 85.8 cm³/mol. The van der Waals surface area contributed by atoms with Gasteiger partial charge in [0.15, 0.2) is 0 Å². The highest BCUT2D eigenvalue weighted by molar-refractivity contribution is 5.90. The second-order valence-corrected chi connectivity index (χ2v) is 5.55. The lowest BCUT2D eigenvalue weighted by Crippen LogP contribution is -2.25. The molecule has 0 aromatic heterocycles. The molecule has 1 heterocycles. The van der Waals surface area contributed by atoms with Crippen LogP contribution < -0.4 is 5.32 Å². The van der Waals surface area contributed by atoms with Crippen LogP contribution in [0.3, 0.4) is 0 Å². The molecule has 116 valence electrons. The van der Waals surface area contributed by atoms with Crippen molar-refractivity contribution in [3.05, 3.63) is 29.8 Å². The van der Waals surface area contributed by atoms with Crippen molar-refractivity contribution in [1.29, 1.82) is 0 Å². The maximum absolute atomic E-state index is 11.9. The molecule has 1 aromatic carbocycles. The normalized spacial score (nSPS) is 15.1. The number of esters is 1. The third-order valence-electron chi connectivity index (χ3n) is 3.79. The van der Waals surface area contributed by atoms with Gasteiger partial charge in [0.25, 0.3) is 0 Å². The van der Waals surface area contributed by atoms with Gasteiger partial charge in [-0.1, -0.05) is 19.4 Å². The summed E-state index contributed by atoms with van der Waals surface area (Å²) in [5.74, 6) is -0.230. The Balaban J connectivity index is 1.78. The molecule has 4 nitrogen and oxygen atoms in total. The molecule has 1 aliphatic rings. The fourth-order valence-electron chi connectivity index (χ4n) is 2.51. The SMILES string of the molecule is CCCCOC(=O)c1cccc(NCCN2CCCC2)c1. The van der Waals surface area contributed by atoms with E-state index in [0.717, 1.165) is 31.6 Å². The molecule has 4 heteroatoms. The number of anilines is 1. The number of ether oxygens (including phenoxy) is 1. The van der Waals surface area contributed by atoms with Gasteiger partial charge in [-0.2, -0.15) is 0 Å². The second-order valence-electron chi connectivity index (χ2n) is 5.55. The van der Waals surface area contributed by atoms with Crippen LogP contribution in [0.15, 0.2) is 24.3 Å². The van der Waals surface area contributed by atoms with E-state index in [0.29, 0.717) is 12.2 Å². The van der Waals surface area contributed by atoms with E-state index in [4.69, 9.17) is 4.74 Å². The number of benzene rings is 1. The van der Waals surface area contributed by atoms with Crippen molar-refractivity contribution >= 4 is 11.7 Å². The van der Waals surface area contributed by atoms with Crippen LogP contribution in [-0.2, 0) is 4.74 Å². The number of hydrogen-bond donors (Lipinski definition) is 1. The Kier molecular flexibility index (Phi) is 6.54. The van der Waals surface area contributed by atoms with Gasteiger partial charge in [-0.3, -0.25) is 0 Å². The zero-order valence-corrected chi connectivity index (χ0v) is 12.9. The third-order valence-corrected chi connectivity index (χ3v) is 3.79. The van der Waals surface area contributed by atoms with Gasteiger partial charge in [0.2, 0.25) is 0 Å². The first-order chi connectivity index (χ1) is 10.3.